The number of halogens is 1. The largest absolute Gasteiger partial charge is 0.356 e. The van der Waals surface area contributed by atoms with Crippen molar-refractivity contribution in [2.24, 2.45) is 5.92 Å². The van der Waals surface area contributed by atoms with Gasteiger partial charge >= 0.3 is 0 Å². The lowest BCUT2D eigenvalue weighted by molar-refractivity contribution is -0.122. The zero-order valence-corrected chi connectivity index (χ0v) is 16.8. The Hall–Kier alpha value is -2.69. The number of benzene rings is 2. The van der Waals surface area contributed by atoms with Crippen molar-refractivity contribution in [3.63, 3.8) is 0 Å². The molecule has 2 N–H and O–H groups in total. The van der Waals surface area contributed by atoms with E-state index in [4.69, 9.17) is 0 Å². The number of anilines is 1. The van der Waals surface area contributed by atoms with E-state index in [9.17, 15) is 14.0 Å². The zero-order valence-electron chi connectivity index (χ0n) is 16.8. The van der Waals surface area contributed by atoms with Crippen LogP contribution < -0.4 is 10.6 Å². The fourth-order valence-corrected chi connectivity index (χ4v) is 2.94. The second-order valence-corrected chi connectivity index (χ2v) is 7.51. The number of hydrogen-bond donors (Lipinski definition) is 2. The summed E-state index contributed by atoms with van der Waals surface area (Å²) in [6.45, 7) is 6.69. The summed E-state index contributed by atoms with van der Waals surface area (Å²) in [7, 11) is 0. The number of carbonyl (C=O) groups is 2. The average Bonchev–Trinajstić information content (AvgIpc) is 2.66. The lowest BCUT2D eigenvalue weighted by Crippen LogP contribution is -2.29. The summed E-state index contributed by atoms with van der Waals surface area (Å²) < 4.78 is 12.9. The fraction of sp³-hybridized carbons (Fsp3) is 0.391. The Balaban J connectivity index is 1.71. The van der Waals surface area contributed by atoms with Gasteiger partial charge in [-0.05, 0) is 61.1 Å². The molecule has 0 spiro atoms. The van der Waals surface area contributed by atoms with Gasteiger partial charge in [-0.25, -0.2) is 4.39 Å². The van der Waals surface area contributed by atoms with Crippen LogP contribution in [0, 0.1) is 11.7 Å². The first-order chi connectivity index (χ1) is 13.3. The summed E-state index contributed by atoms with van der Waals surface area (Å²) in [6.07, 6.45) is 1.86. The minimum atomic E-state index is -0.343. The Morgan fingerprint density at radius 1 is 0.964 bits per heavy atom. The molecular weight excluding hydrogens is 355 g/mol. The third-order valence-electron chi connectivity index (χ3n) is 4.52. The first-order valence-corrected chi connectivity index (χ1v) is 9.77. The predicted molar refractivity (Wildman–Crippen MR) is 111 cm³/mol. The highest BCUT2D eigenvalue weighted by Gasteiger charge is 2.15. The molecule has 4 nitrogen and oxygen atoms in total. The molecule has 2 aromatic rings. The molecule has 0 aliphatic carbocycles. The summed E-state index contributed by atoms with van der Waals surface area (Å²) in [5.41, 5.74) is 2.82. The second-order valence-electron chi connectivity index (χ2n) is 7.51. The summed E-state index contributed by atoms with van der Waals surface area (Å²) in [5, 5.41) is 5.59. The number of nitrogens with one attached hydrogen (secondary N) is 2. The number of carbonyl (C=O) groups excluding carboxylic acids is 2. The molecule has 0 saturated heterocycles. The van der Waals surface area contributed by atoms with E-state index in [2.05, 4.69) is 36.6 Å². The number of rotatable bonds is 9. The van der Waals surface area contributed by atoms with Gasteiger partial charge in [0.1, 0.15) is 5.82 Å². The fourth-order valence-electron chi connectivity index (χ4n) is 2.94. The van der Waals surface area contributed by atoms with E-state index in [1.54, 1.807) is 0 Å². The predicted octanol–water partition coefficient (Wildman–Crippen LogP) is 4.66. The van der Waals surface area contributed by atoms with Crippen LogP contribution in [0.4, 0.5) is 10.1 Å². The first kappa shape index (κ1) is 21.6. The standard InChI is InChI=1S/C23H29FN2O2/c1-16(2)15-18-6-8-19(9-7-18)17(3)23(28)25-14-4-5-22(27)26-21-12-10-20(24)11-13-21/h6-13,16-17H,4-5,14-15H2,1-3H3,(H,25,28)(H,26,27). The van der Waals surface area contributed by atoms with E-state index in [1.165, 1.54) is 29.8 Å². The molecule has 150 valence electrons. The van der Waals surface area contributed by atoms with E-state index in [1.807, 2.05) is 19.1 Å². The van der Waals surface area contributed by atoms with Crippen LogP contribution in [0.1, 0.15) is 50.7 Å². The maximum Gasteiger partial charge on any atom is 0.227 e. The Morgan fingerprint density at radius 3 is 2.21 bits per heavy atom. The van der Waals surface area contributed by atoms with Crippen molar-refractivity contribution in [2.45, 2.75) is 46.0 Å². The van der Waals surface area contributed by atoms with Crippen molar-refractivity contribution in [1.29, 1.82) is 0 Å². The van der Waals surface area contributed by atoms with Crippen LogP contribution in [0.25, 0.3) is 0 Å². The molecular formula is C23H29FN2O2. The monoisotopic (exact) mass is 384 g/mol. The Kier molecular flexibility index (Phi) is 8.18. The molecule has 1 unspecified atom stereocenters. The third-order valence-corrected chi connectivity index (χ3v) is 4.52. The quantitative estimate of drug-likeness (QED) is 0.618. The summed E-state index contributed by atoms with van der Waals surface area (Å²) in [5.74, 6) is -0.178. The van der Waals surface area contributed by atoms with Crippen LogP contribution in [0.5, 0.6) is 0 Å². The molecule has 5 heteroatoms. The van der Waals surface area contributed by atoms with Crippen molar-refractivity contribution in [2.75, 3.05) is 11.9 Å². The van der Waals surface area contributed by atoms with Gasteiger partial charge in [0.05, 0.1) is 5.92 Å². The Morgan fingerprint density at radius 2 is 1.61 bits per heavy atom. The lowest BCUT2D eigenvalue weighted by atomic mass is 9.96. The van der Waals surface area contributed by atoms with Crippen molar-refractivity contribution in [3.05, 3.63) is 65.5 Å². The Labute approximate surface area is 166 Å². The molecule has 0 aliphatic rings. The van der Waals surface area contributed by atoms with Gasteiger partial charge in [-0.1, -0.05) is 38.1 Å². The van der Waals surface area contributed by atoms with E-state index in [-0.39, 0.29) is 30.0 Å². The average molecular weight is 384 g/mol. The van der Waals surface area contributed by atoms with Gasteiger partial charge in [0.15, 0.2) is 0 Å². The van der Waals surface area contributed by atoms with Crippen molar-refractivity contribution in [3.8, 4) is 0 Å². The molecule has 2 amide bonds. The van der Waals surface area contributed by atoms with Gasteiger partial charge in [0, 0.05) is 18.7 Å². The van der Waals surface area contributed by atoms with E-state index in [0.29, 0.717) is 24.6 Å². The molecule has 0 aliphatic heterocycles. The number of amides is 2. The highest BCUT2D eigenvalue weighted by atomic mass is 19.1. The molecule has 1 atom stereocenters. The second kappa shape index (κ2) is 10.6. The van der Waals surface area contributed by atoms with Crippen molar-refractivity contribution >= 4 is 17.5 Å². The smallest absolute Gasteiger partial charge is 0.227 e. The normalized spacial score (nSPS) is 11.9. The molecule has 0 radical (unpaired) electrons. The maximum absolute atomic E-state index is 12.9. The van der Waals surface area contributed by atoms with Gasteiger partial charge in [-0.3, -0.25) is 9.59 Å². The van der Waals surface area contributed by atoms with Crippen LogP contribution in [0.3, 0.4) is 0 Å². The van der Waals surface area contributed by atoms with Crippen LogP contribution in [-0.2, 0) is 16.0 Å². The molecule has 0 bridgehead atoms. The van der Waals surface area contributed by atoms with Gasteiger partial charge in [0.25, 0.3) is 0 Å². The molecule has 0 heterocycles. The van der Waals surface area contributed by atoms with E-state index in [0.717, 1.165) is 12.0 Å². The third kappa shape index (κ3) is 7.14. The van der Waals surface area contributed by atoms with Crippen LogP contribution >= 0.6 is 0 Å². The molecule has 0 aromatic heterocycles. The number of hydrogen-bond acceptors (Lipinski definition) is 2. The van der Waals surface area contributed by atoms with Crippen molar-refractivity contribution < 1.29 is 14.0 Å². The van der Waals surface area contributed by atoms with Crippen LogP contribution in [0.15, 0.2) is 48.5 Å². The highest BCUT2D eigenvalue weighted by molar-refractivity contribution is 5.90. The SMILES string of the molecule is CC(C)Cc1ccc(C(C)C(=O)NCCCC(=O)Nc2ccc(F)cc2)cc1. The minimum Gasteiger partial charge on any atom is -0.356 e. The summed E-state index contributed by atoms with van der Waals surface area (Å²) in [4.78, 5) is 24.2. The zero-order chi connectivity index (χ0) is 20.5. The highest BCUT2D eigenvalue weighted by Crippen LogP contribution is 2.17. The van der Waals surface area contributed by atoms with Gasteiger partial charge < -0.3 is 10.6 Å². The minimum absolute atomic E-state index is 0.0458. The summed E-state index contributed by atoms with van der Waals surface area (Å²) in [6, 6.07) is 13.8. The van der Waals surface area contributed by atoms with E-state index >= 15 is 0 Å². The lowest BCUT2D eigenvalue weighted by Gasteiger charge is -2.14. The molecule has 2 aromatic carbocycles. The van der Waals surface area contributed by atoms with Crippen LogP contribution in [-0.4, -0.2) is 18.4 Å². The molecule has 28 heavy (non-hydrogen) atoms. The molecule has 0 saturated carbocycles. The molecule has 2 rings (SSSR count). The molecule has 0 fully saturated rings. The van der Waals surface area contributed by atoms with Gasteiger partial charge in [0.2, 0.25) is 11.8 Å². The first-order valence-electron chi connectivity index (χ1n) is 9.77. The van der Waals surface area contributed by atoms with Crippen molar-refractivity contribution in [1.82, 2.24) is 5.32 Å². The maximum atomic E-state index is 12.9. The topological polar surface area (TPSA) is 58.2 Å². The van der Waals surface area contributed by atoms with E-state index < -0.39 is 0 Å². The summed E-state index contributed by atoms with van der Waals surface area (Å²) >= 11 is 0. The van der Waals surface area contributed by atoms with Crippen LogP contribution in [0.2, 0.25) is 0 Å². The van der Waals surface area contributed by atoms with Gasteiger partial charge in [-0.2, -0.15) is 0 Å². The Bertz CT molecular complexity index is 770. The van der Waals surface area contributed by atoms with Gasteiger partial charge in [-0.15, -0.1) is 0 Å².